The number of anilines is 1. The second-order valence-corrected chi connectivity index (χ2v) is 5.30. The Morgan fingerprint density at radius 1 is 1.43 bits per heavy atom. The number of hydrogen-bond donors (Lipinski definition) is 1. The van der Waals surface area contributed by atoms with Gasteiger partial charge in [0.15, 0.2) is 5.75 Å². The molecule has 21 heavy (non-hydrogen) atoms. The van der Waals surface area contributed by atoms with E-state index in [2.05, 4.69) is 11.7 Å². The topological polar surface area (TPSA) is 55.6 Å². The van der Waals surface area contributed by atoms with Crippen LogP contribution < -0.4 is 10.5 Å². The number of likely N-dealkylation sites (tertiary alicyclic amines) is 1. The number of alkyl halides is 3. The van der Waals surface area contributed by atoms with Crippen molar-refractivity contribution < 1.29 is 22.7 Å². The number of carbonyl (C=O) groups excluding carboxylic acids is 1. The third kappa shape index (κ3) is 4.03. The van der Waals surface area contributed by atoms with Crippen LogP contribution in [0.4, 0.5) is 18.9 Å². The third-order valence-corrected chi connectivity index (χ3v) is 3.43. The molecule has 1 aromatic rings. The second kappa shape index (κ2) is 5.83. The van der Waals surface area contributed by atoms with Crippen molar-refractivity contribution in [3.8, 4) is 5.75 Å². The molecule has 116 valence electrons. The van der Waals surface area contributed by atoms with Crippen molar-refractivity contribution in [2.45, 2.75) is 26.1 Å². The number of piperidine rings is 1. The predicted octanol–water partition coefficient (Wildman–Crippen LogP) is 3.04. The maximum atomic E-state index is 12.3. The van der Waals surface area contributed by atoms with Crippen LogP contribution in [0.25, 0.3) is 0 Å². The molecule has 1 aromatic carbocycles. The highest BCUT2D eigenvalue weighted by atomic mass is 19.4. The van der Waals surface area contributed by atoms with Crippen molar-refractivity contribution in [3.63, 3.8) is 0 Å². The van der Waals surface area contributed by atoms with Crippen molar-refractivity contribution in [2.75, 3.05) is 18.8 Å². The Labute approximate surface area is 120 Å². The van der Waals surface area contributed by atoms with Crippen molar-refractivity contribution in [2.24, 2.45) is 5.92 Å². The summed E-state index contributed by atoms with van der Waals surface area (Å²) in [6.07, 6.45) is -2.80. The zero-order valence-electron chi connectivity index (χ0n) is 11.6. The molecule has 1 aliphatic rings. The molecule has 0 aliphatic carbocycles. The summed E-state index contributed by atoms with van der Waals surface area (Å²) >= 11 is 0. The fraction of sp³-hybridized carbons (Fsp3) is 0.500. The maximum absolute atomic E-state index is 12.3. The van der Waals surface area contributed by atoms with Crippen LogP contribution in [0, 0.1) is 5.92 Å². The smallest absolute Gasteiger partial charge is 0.404 e. The highest BCUT2D eigenvalue weighted by Gasteiger charge is 2.32. The van der Waals surface area contributed by atoms with Gasteiger partial charge in [0.2, 0.25) is 0 Å². The predicted molar refractivity (Wildman–Crippen MR) is 71.8 cm³/mol. The minimum Gasteiger partial charge on any atom is -0.404 e. The molecule has 1 fully saturated rings. The molecule has 2 N–H and O–H groups in total. The monoisotopic (exact) mass is 302 g/mol. The Balaban J connectivity index is 2.14. The number of nitrogens with two attached hydrogens (primary N) is 1. The number of benzene rings is 1. The van der Waals surface area contributed by atoms with Gasteiger partial charge >= 0.3 is 6.36 Å². The van der Waals surface area contributed by atoms with Crippen LogP contribution in [-0.4, -0.2) is 30.3 Å². The number of amides is 1. The lowest BCUT2D eigenvalue weighted by molar-refractivity contribution is -0.274. The van der Waals surface area contributed by atoms with Crippen molar-refractivity contribution >= 4 is 11.6 Å². The summed E-state index contributed by atoms with van der Waals surface area (Å²) in [7, 11) is 0. The molecule has 4 nitrogen and oxygen atoms in total. The summed E-state index contributed by atoms with van der Waals surface area (Å²) in [4.78, 5) is 14.0. The van der Waals surface area contributed by atoms with E-state index in [9.17, 15) is 18.0 Å². The van der Waals surface area contributed by atoms with Gasteiger partial charge in [0.1, 0.15) is 0 Å². The van der Waals surface area contributed by atoms with Crippen molar-refractivity contribution in [3.05, 3.63) is 23.8 Å². The average Bonchev–Trinajstić information content (AvgIpc) is 2.39. The van der Waals surface area contributed by atoms with Crippen LogP contribution in [0.15, 0.2) is 18.2 Å². The van der Waals surface area contributed by atoms with Gasteiger partial charge in [-0.25, -0.2) is 0 Å². The number of halogens is 3. The molecule has 0 aromatic heterocycles. The summed E-state index contributed by atoms with van der Waals surface area (Å²) in [6.45, 7) is 3.37. The van der Waals surface area contributed by atoms with Gasteiger partial charge < -0.3 is 15.4 Å². The molecule has 0 bridgehead atoms. The third-order valence-electron chi connectivity index (χ3n) is 3.43. The van der Waals surface area contributed by atoms with Crippen molar-refractivity contribution in [1.29, 1.82) is 0 Å². The van der Waals surface area contributed by atoms with E-state index in [1.807, 2.05) is 0 Å². The Hall–Kier alpha value is -1.92. The Morgan fingerprint density at radius 2 is 2.14 bits per heavy atom. The molecule has 0 saturated carbocycles. The van der Waals surface area contributed by atoms with Crippen LogP contribution in [0.3, 0.4) is 0 Å². The second-order valence-electron chi connectivity index (χ2n) is 5.30. The average molecular weight is 302 g/mol. The molecule has 7 heteroatoms. The van der Waals surface area contributed by atoms with E-state index >= 15 is 0 Å². The van der Waals surface area contributed by atoms with E-state index < -0.39 is 12.1 Å². The normalized spacial score (nSPS) is 19.4. The Morgan fingerprint density at radius 3 is 2.71 bits per heavy atom. The van der Waals surface area contributed by atoms with Crippen LogP contribution in [0.5, 0.6) is 5.75 Å². The number of rotatable bonds is 2. The number of ether oxygens (including phenoxy) is 1. The molecule has 1 amide bonds. The van der Waals surface area contributed by atoms with Gasteiger partial charge in [-0.3, -0.25) is 4.79 Å². The van der Waals surface area contributed by atoms with Gasteiger partial charge in [0, 0.05) is 18.7 Å². The van der Waals surface area contributed by atoms with Gasteiger partial charge in [-0.1, -0.05) is 6.92 Å². The van der Waals surface area contributed by atoms with Gasteiger partial charge in [-0.05, 0) is 37.0 Å². The lowest BCUT2D eigenvalue weighted by Crippen LogP contribution is -2.39. The SMILES string of the molecule is CC1CCCN(C(=O)c2ccc(OC(F)(F)F)c(N)c2)C1. The van der Waals surface area contributed by atoms with E-state index in [0.717, 1.165) is 18.9 Å². The fourth-order valence-electron chi connectivity index (χ4n) is 2.46. The first-order valence-electron chi connectivity index (χ1n) is 6.71. The van der Waals surface area contributed by atoms with Gasteiger partial charge in [-0.15, -0.1) is 13.2 Å². The minimum absolute atomic E-state index is 0.205. The standard InChI is InChI=1S/C14H17F3N2O2/c1-9-3-2-6-19(8-9)13(20)10-4-5-12(11(18)7-10)21-14(15,16)17/h4-5,7,9H,2-3,6,8,18H2,1H3. The lowest BCUT2D eigenvalue weighted by Gasteiger charge is -2.31. The highest BCUT2D eigenvalue weighted by molar-refractivity contribution is 5.95. The zero-order valence-corrected chi connectivity index (χ0v) is 11.6. The first-order valence-corrected chi connectivity index (χ1v) is 6.71. The first-order chi connectivity index (χ1) is 9.76. The number of hydrogen-bond acceptors (Lipinski definition) is 3. The molecule has 1 atom stereocenters. The first kappa shape index (κ1) is 15.5. The van der Waals surface area contributed by atoms with Crippen LogP contribution in [-0.2, 0) is 0 Å². The number of nitrogen functional groups attached to an aromatic ring is 1. The summed E-state index contributed by atoms with van der Waals surface area (Å²) < 4.78 is 40.3. The van der Waals surface area contributed by atoms with E-state index in [-0.39, 0.29) is 17.2 Å². The molecular weight excluding hydrogens is 285 g/mol. The molecule has 1 unspecified atom stereocenters. The largest absolute Gasteiger partial charge is 0.573 e. The van der Waals surface area contributed by atoms with Crippen LogP contribution in [0.1, 0.15) is 30.1 Å². The van der Waals surface area contributed by atoms with Gasteiger partial charge in [-0.2, -0.15) is 0 Å². The van der Waals surface area contributed by atoms with Gasteiger partial charge in [0.25, 0.3) is 5.91 Å². The molecule has 0 radical (unpaired) electrons. The van der Waals surface area contributed by atoms with E-state index in [0.29, 0.717) is 19.0 Å². The van der Waals surface area contributed by atoms with Crippen molar-refractivity contribution in [1.82, 2.24) is 4.90 Å². The van der Waals surface area contributed by atoms with E-state index in [4.69, 9.17) is 5.73 Å². The summed E-state index contributed by atoms with van der Waals surface area (Å²) in [6, 6.07) is 3.60. The minimum atomic E-state index is -4.80. The molecular formula is C14H17F3N2O2. The molecule has 1 heterocycles. The number of nitrogens with zero attached hydrogens (tertiary/aromatic N) is 1. The Bertz CT molecular complexity index is 531. The Kier molecular flexibility index (Phi) is 4.29. The van der Waals surface area contributed by atoms with Crippen LogP contribution in [0.2, 0.25) is 0 Å². The molecule has 0 spiro atoms. The maximum Gasteiger partial charge on any atom is 0.573 e. The summed E-state index contributed by atoms with van der Waals surface area (Å²) in [5.74, 6) is -0.286. The summed E-state index contributed by atoms with van der Waals surface area (Å²) in [5.41, 5.74) is 5.60. The lowest BCUT2D eigenvalue weighted by atomic mass is 9.99. The number of carbonyl (C=O) groups is 1. The zero-order chi connectivity index (χ0) is 15.6. The fourth-order valence-corrected chi connectivity index (χ4v) is 2.46. The molecule has 1 saturated heterocycles. The highest BCUT2D eigenvalue weighted by Crippen LogP contribution is 2.29. The molecule has 1 aliphatic heterocycles. The van der Waals surface area contributed by atoms with E-state index in [1.165, 1.54) is 12.1 Å². The van der Waals surface area contributed by atoms with Crippen LogP contribution >= 0.6 is 0 Å². The quantitative estimate of drug-likeness (QED) is 0.854. The summed E-state index contributed by atoms with van der Waals surface area (Å²) in [5, 5.41) is 0. The molecule has 2 rings (SSSR count). The van der Waals surface area contributed by atoms with Gasteiger partial charge in [0.05, 0.1) is 5.69 Å². The van der Waals surface area contributed by atoms with E-state index in [1.54, 1.807) is 4.90 Å².